The summed E-state index contributed by atoms with van der Waals surface area (Å²) in [7, 11) is 5.06. The highest BCUT2D eigenvalue weighted by molar-refractivity contribution is 7.99. The quantitative estimate of drug-likeness (QED) is 0.540. The molecular formula is C22H26N4O3S. The van der Waals surface area contributed by atoms with Crippen LogP contribution in [0.3, 0.4) is 0 Å². The minimum Gasteiger partial charge on any atom is -0.493 e. The van der Waals surface area contributed by atoms with Crippen LogP contribution in [0.4, 0.5) is 5.69 Å². The molecule has 8 heteroatoms. The van der Waals surface area contributed by atoms with E-state index in [1.54, 1.807) is 14.2 Å². The molecule has 0 aliphatic carbocycles. The van der Waals surface area contributed by atoms with Gasteiger partial charge in [0, 0.05) is 18.3 Å². The van der Waals surface area contributed by atoms with Crippen molar-refractivity contribution in [1.82, 2.24) is 14.8 Å². The van der Waals surface area contributed by atoms with Crippen LogP contribution >= 0.6 is 11.8 Å². The van der Waals surface area contributed by atoms with Crippen LogP contribution in [0.25, 0.3) is 11.4 Å². The Hall–Kier alpha value is -3.00. The highest BCUT2D eigenvalue weighted by Gasteiger charge is 2.16. The van der Waals surface area contributed by atoms with Crippen LogP contribution in [0.15, 0.2) is 47.6 Å². The molecule has 0 unspecified atom stereocenters. The van der Waals surface area contributed by atoms with E-state index in [0.717, 1.165) is 16.8 Å². The third kappa shape index (κ3) is 4.76. The molecule has 3 rings (SSSR count). The van der Waals surface area contributed by atoms with Gasteiger partial charge in [-0.05, 0) is 35.7 Å². The Morgan fingerprint density at radius 1 is 1.10 bits per heavy atom. The smallest absolute Gasteiger partial charge is 0.234 e. The zero-order valence-electron chi connectivity index (χ0n) is 17.8. The van der Waals surface area contributed by atoms with Gasteiger partial charge < -0.3 is 19.4 Å². The number of carbonyl (C=O) groups excluding carboxylic acids is 1. The minimum absolute atomic E-state index is 0.0798. The molecule has 30 heavy (non-hydrogen) atoms. The van der Waals surface area contributed by atoms with Crippen LogP contribution in [0.1, 0.15) is 25.3 Å². The number of methoxy groups -OCH3 is 2. The summed E-state index contributed by atoms with van der Waals surface area (Å²) in [6, 6.07) is 13.4. The molecule has 1 heterocycles. The lowest BCUT2D eigenvalue weighted by atomic mass is 10.0. The molecule has 0 radical (unpaired) electrons. The molecule has 3 aromatic rings. The van der Waals surface area contributed by atoms with Gasteiger partial charge in [0.1, 0.15) is 0 Å². The van der Waals surface area contributed by atoms with E-state index in [-0.39, 0.29) is 11.7 Å². The largest absolute Gasteiger partial charge is 0.493 e. The van der Waals surface area contributed by atoms with E-state index in [4.69, 9.17) is 9.47 Å². The molecule has 0 aliphatic heterocycles. The number of hydrogen-bond donors (Lipinski definition) is 1. The van der Waals surface area contributed by atoms with Crippen LogP contribution in [-0.4, -0.2) is 40.6 Å². The first-order valence-electron chi connectivity index (χ1n) is 9.58. The molecule has 1 aromatic heterocycles. The maximum Gasteiger partial charge on any atom is 0.234 e. The lowest BCUT2D eigenvalue weighted by Gasteiger charge is -2.13. The summed E-state index contributed by atoms with van der Waals surface area (Å²) < 4.78 is 12.5. The van der Waals surface area contributed by atoms with Gasteiger partial charge in [0.2, 0.25) is 5.91 Å². The number of thioether (sulfide) groups is 1. The second-order valence-electron chi connectivity index (χ2n) is 7.01. The van der Waals surface area contributed by atoms with Gasteiger partial charge in [0.25, 0.3) is 0 Å². The summed E-state index contributed by atoms with van der Waals surface area (Å²) in [4.78, 5) is 12.5. The summed E-state index contributed by atoms with van der Waals surface area (Å²) in [6.45, 7) is 4.21. The molecule has 0 bridgehead atoms. The molecule has 1 amide bonds. The molecule has 0 spiro atoms. The summed E-state index contributed by atoms with van der Waals surface area (Å²) in [6.07, 6.45) is 0. The summed E-state index contributed by atoms with van der Waals surface area (Å²) >= 11 is 1.34. The van der Waals surface area contributed by atoms with Crippen molar-refractivity contribution in [2.75, 3.05) is 25.3 Å². The average molecular weight is 427 g/mol. The predicted octanol–water partition coefficient (Wildman–Crippen LogP) is 4.35. The highest BCUT2D eigenvalue weighted by Crippen LogP contribution is 2.32. The molecule has 0 aliphatic rings. The third-order valence-electron chi connectivity index (χ3n) is 4.67. The minimum atomic E-state index is -0.0798. The van der Waals surface area contributed by atoms with Crippen molar-refractivity contribution in [2.24, 2.45) is 7.05 Å². The molecular weight excluding hydrogens is 400 g/mol. The fourth-order valence-corrected chi connectivity index (χ4v) is 3.81. The van der Waals surface area contributed by atoms with E-state index >= 15 is 0 Å². The SMILES string of the molecule is COc1ccc(-c2nnc(SCC(=O)Nc3ccccc3C(C)C)n2C)cc1OC. The van der Waals surface area contributed by atoms with Gasteiger partial charge in [-0.25, -0.2) is 0 Å². The first kappa shape index (κ1) is 21.7. The second kappa shape index (κ2) is 9.67. The molecule has 0 fully saturated rings. The first-order valence-corrected chi connectivity index (χ1v) is 10.6. The number of aromatic nitrogens is 3. The van der Waals surface area contributed by atoms with Crippen molar-refractivity contribution in [1.29, 1.82) is 0 Å². The molecule has 0 saturated heterocycles. The summed E-state index contributed by atoms with van der Waals surface area (Å²) in [5.41, 5.74) is 2.82. The fourth-order valence-electron chi connectivity index (χ4n) is 3.10. The van der Waals surface area contributed by atoms with Gasteiger partial charge in [-0.3, -0.25) is 4.79 Å². The highest BCUT2D eigenvalue weighted by atomic mass is 32.2. The number of amides is 1. The lowest BCUT2D eigenvalue weighted by molar-refractivity contribution is -0.113. The zero-order valence-corrected chi connectivity index (χ0v) is 18.6. The third-order valence-corrected chi connectivity index (χ3v) is 5.69. The van der Waals surface area contributed by atoms with E-state index in [0.29, 0.717) is 28.4 Å². The zero-order chi connectivity index (χ0) is 21.7. The van der Waals surface area contributed by atoms with E-state index in [1.165, 1.54) is 11.8 Å². The Labute approximate surface area is 180 Å². The van der Waals surface area contributed by atoms with Crippen LogP contribution < -0.4 is 14.8 Å². The van der Waals surface area contributed by atoms with Gasteiger partial charge in [-0.15, -0.1) is 10.2 Å². The average Bonchev–Trinajstić information content (AvgIpc) is 3.12. The maximum absolute atomic E-state index is 12.5. The Balaban J connectivity index is 1.69. The number of anilines is 1. The van der Waals surface area contributed by atoms with Crippen LogP contribution in [0.5, 0.6) is 11.5 Å². The van der Waals surface area contributed by atoms with Gasteiger partial charge in [-0.2, -0.15) is 0 Å². The molecule has 158 valence electrons. The number of para-hydroxylation sites is 1. The van der Waals surface area contributed by atoms with E-state index < -0.39 is 0 Å². The van der Waals surface area contributed by atoms with Gasteiger partial charge in [0.15, 0.2) is 22.5 Å². The van der Waals surface area contributed by atoms with Crippen molar-refractivity contribution in [3.63, 3.8) is 0 Å². The van der Waals surface area contributed by atoms with Gasteiger partial charge in [0.05, 0.1) is 20.0 Å². The van der Waals surface area contributed by atoms with Gasteiger partial charge >= 0.3 is 0 Å². The molecule has 1 N–H and O–H groups in total. The van der Waals surface area contributed by atoms with E-state index in [1.807, 2.05) is 54.1 Å². The summed E-state index contributed by atoms with van der Waals surface area (Å²) in [5, 5.41) is 12.2. The predicted molar refractivity (Wildman–Crippen MR) is 119 cm³/mol. The number of carbonyl (C=O) groups is 1. The number of ether oxygens (including phenoxy) is 2. The number of nitrogens with zero attached hydrogens (tertiary/aromatic N) is 3. The topological polar surface area (TPSA) is 78.3 Å². The number of rotatable bonds is 8. The lowest BCUT2D eigenvalue weighted by Crippen LogP contribution is -2.16. The van der Waals surface area contributed by atoms with Crippen LogP contribution in [0, 0.1) is 0 Å². The standard InChI is InChI=1S/C22H26N4O3S/c1-14(2)16-8-6-7-9-17(16)23-20(27)13-30-22-25-24-21(26(22)3)15-10-11-18(28-4)19(12-15)29-5/h6-12,14H,13H2,1-5H3,(H,23,27). The maximum atomic E-state index is 12.5. The first-order chi connectivity index (χ1) is 14.4. The molecule has 0 saturated carbocycles. The Morgan fingerprint density at radius 3 is 2.53 bits per heavy atom. The number of hydrogen-bond acceptors (Lipinski definition) is 6. The molecule has 0 atom stereocenters. The Bertz CT molecular complexity index is 1030. The van der Waals surface area contributed by atoms with Crippen molar-refractivity contribution >= 4 is 23.4 Å². The molecule has 7 nitrogen and oxygen atoms in total. The summed E-state index contributed by atoms with van der Waals surface area (Å²) in [5.74, 6) is 2.45. The second-order valence-corrected chi connectivity index (χ2v) is 7.96. The number of benzene rings is 2. The number of nitrogens with one attached hydrogen (secondary N) is 1. The van der Waals surface area contributed by atoms with Gasteiger partial charge in [-0.1, -0.05) is 43.8 Å². The Morgan fingerprint density at radius 2 is 1.83 bits per heavy atom. The molecule has 2 aromatic carbocycles. The monoisotopic (exact) mass is 426 g/mol. The van der Waals surface area contributed by atoms with Crippen molar-refractivity contribution in [3.05, 3.63) is 48.0 Å². The van der Waals surface area contributed by atoms with Crippen LogP contribution in [-0.2, 0) is 11.8 Å². The van der Waals surface area contributed by atoms with Crippen molar-refractivity contribution in [2.45, 2.75) is 24.9 Å². The fraction of sp³-hybridized carbons (Fsp3) is 0.318. The van der Waals surface area contributed by atoms with E-state index in [9.17, 15) is 4.79 Å². The van der Waals surface area contributed by atoms with Crippen LogP contribution in [0.2, 0.25) is 0 Å². The van der Waals surface area contributed by atoms with E-state index in [2.05, 4.69) is 29.4 Å². The van der Waals surface area contributed by atoms with Crippen molar-refractivity contribution < 1.29 is 14.3 Å². The Kier molecular flexibility index (Phi) is 6.99. The normalized spacial score (nSPS) is 10.9. The van der Waals surface area contributed by atoms with Crippen molar-refractivity contribution in [3.8, 4) is 22.9 Å².